The van der Waals surface area contributed by atoms with Gasteiger partial charge in [0.05, 0.1) is 23.5 Å². The van der Waals surface area contributed by atoms with Gasteiger partial charge in [-0.2, -0.15) is 17.6 Å². The third-order valence-corrected chi connectivity index (χ3v) is 7.34. The monoisotopic (exact) mass is 566 g/mol. The molecule has 1 aliphatic carbocycles. The molecule has 14 heteroatoms. The molecule has 3 aromatic heterocycles. The average molecular weight is 567 g/mol. The van der Waals surface area contributed by atoms with E-state index in [1.165, 1.54) is 16.8 Å². The average Bonchev–Trinajstić information content (AvgIpc) is 3.35. The number of carbonyl (C=O) groups excluding carboxylic acids is 2. The molecule has 1 aliphatic rings. The third-order valence-electron chi connectivity index (χ3n) is 6.35. The van der Waals surface area contributed by atoms with Crippen molar-refractivity contribution >= 4 is 28.8 Å². The topological polar surface area (TPSA) is 119 Å². The van der Waals surface area contributed by atoms with Crippen LogP contribution in [0.4, 0.5) is 23.2 Å². The van der Waals surface area contributed by atoms with Crippen molar-refractivity contribution < 1.29 is 27.2 Å². The molecule has 3 heterocycles. The summed E-state index contributed by atoms with van der Waals surface area (Å²) >= 11 is 1.05. The van der Waals surface area contributed by atoms with E-state index < -0.39 is 29.0 Å². The minimum atomic E-state index is -4.51. The first-order valence-corrected chi connectivity index (χ1v) is 13.2. The number of hydrogen-bond donors (Lipinski definition) is 2. The van der Waals surface area contributed by atoms with Gasteiger partial charge >= 0.3 is 6.18 Å². The van der Waals surface area contributed by atoms with Crippen molar-refractivity contribution in [3.63, 3.8) is 0 Å². The lowest BCUT2D eigenvalue weighted by Gasteiger charge is -2.24. The van der Waals surface area contributed by atoms with Gasteiger partial charge in [-0.1, -0.05) is 17.8 Å². The summed E-state index contributed by atoms with van der Waals surface area (Å²) in [7, 11) is 0. The number of unbranched alkanes of at least 4 members (excludes halogenated alkanes) is 1. The fourth-order valence-corrected chi connectivity index (χ4v) is 4.78. The van der Waals surface area contributed by atoms with Gasteiger partial charge in [-0.15, -0.1) is 10.2 Å². The summed E-state index contributed by atoms with van der Waals surface area (Å²) in [6.45, 7) is 0.0498. The van der Waals surface area contributed by atoms with E-state index in [1.807, 2.05) is 0 Å². The fraction of sp³-hybridized carbons (Fsp3) is 0.440. The molecule has 0 aliphatic heterocycles. The number of halogens is 4. The van der Waals surface area contributed by atoms with Crippen LogP contribution in [0, 0.1) is 11.7 Å². The van der Waals surface area contributed by atoms with Crippen molar-refractivity contribution in [3.05, 3.63) is 68.0 Å². The zero-order chi connectivity index (χ0) is 28.0. The number of carbonyl (C=O) groups is 2. The molecule has 208 valence electrons. The lowest BCUT2D eigenvalue weighted by atomic mass is 9.83. The van der Waals surface area contributed by atoms with Crippen LogP contribution < -0.4 is 16.2 Å². The Balaban J connectivity index is 1.21. The normalized spacial score (nSPS) is 13.6. The summed E-state index contributed by atoms with van der Waals surface area (Å²) in [5.74, 6) is -1.55. The Bertz CT molecular complexity index is 1390. The Hall–Kier alpha value is -3.68. The van der Waals surface area contributed by atoms with E-state index in [0.717, 1.165) is 48.9 Å². The number of amides is 2. The second-order valence-corrected chi connectivity index (χ2v) is 10.3. The SMILES string of the molecule is O=C(CC1CCC1)Nc1ccn(CCCCc2nnc(C(=O)NCc3cc(C(F)(F)F)ccn3)s2)c(=O)c1F. The molecule has 2 N–H and O–H groups in total. The van der Waals surface area contributed by atoms with E-state index in [2.05, 4.69) is 25.8 Å². The summed E-state index contributed by atoms with van der Waals surface area (Å²) in [4.78, 5) is 40.5. The van der Waals surface area contributed by atoms with Crippen LogP contribution >= 0.6 is 11.3 Å². The van der Waals surface area contributed by atoms with E-state index in [0.29, 0.717) is 36.6 Å². The maximum atomic E-state index is 14.5. The van der Waals surface area contributed by atoms with E-state index >= 15 is 0 Å². The Kier molecular flexibility index (Phi) is 9.04. The van der Waals surface area contributed by atoms with E-state index in [1.54, 1.807) is 0 Å². The van der Waals surface area contributed by atoms with Crippen molar-refractivity contribution in [2.75, 3.05) is 5.32 Å². The maximum Gasteiger partial charge on any atom is 0.416 e. The molecule has 0 atom stereocenters. The van der Waals surface area contributed by atoms with Gasteiger partial charge in [0.15, 0.2) is 0 Å². The summed E-state index contributed by atoms with van der Waals surface area (Å²) < 4.78 is 54.2. The number of nitrogens with one attached hydrogen (secondary N) is 2. The third kappa shape index (κ3) is 7.68. The number of anilines is 1. The fourth-order valence-electron chi connectivity index (χ4n) is 3.98. The highest BCUT2D eigenvalue weighted by atomic mass is 32.1. The number of alkyl halides is 3. The Morgan fingerprint density at radius 2 is 1.95 bits per heavy atom. The molecule has 1 fully saturated rings. The molecule has 1 saturated carbocycles. The maximum absolute atomic E-state index is 14.5. The molecule has 0 aromatic carbocycles. The summed E-state index contributed by atoms with van der Waals surface area (Å²) in [5, 5.41) is 13.4. The molecule has 0 saturated heterocycles. The standard InChI is InChI=1S/C25H26F4N6O3S/c26-21-18(32-19(36)12-15-4-3-5-15)8-11-35(24(21)38)10-2-1-6-20-33-34-23(39-20)22(37)31-14-17-13-16(7-9-30-17)25(27,28)29/h7-9,11,13,15H,1-6,10,12,14H2,(H,31,37)(H,32,36). The zero-order valence-corrected chi connectivity index (χ0v) is 21.6. The van der Waals surface area contributed by atoms with Crippen molar-refractivity contribution in [1.29, 1.82) is 0 Å². The number of aromatic nitrogens is 4. The highest BCUT2D eigenvalue weighted by Gasteiger charge is 2.30. The molecule has 0 spiro atoms. The van der Waals surface area contributed by atoms with Gasteiger partial charge in [-0.25, -0.2) is 0 Å². The second kappa shape index (κ2) is 12.5. The minimum Gasteiger partial charge on any atom is -0.344 e. The van der Waals surface area contributed by atoms with Crippen LogP contribution in [0.5, 0.6) is 0 Å². The Morgan fingerprint density at radius 1 is 1.15 bits per heavy atom. The molecule has 0 unspecified atom stereocenters. The predicted octanol–water partition coefficient (Wildman–Crippen LogP) is 4.33. The van der Waals surface area contributed by atoms with Crippen molar-refractivity contribution in [2.45, 2.75) is 64.2 Å². The van der Waals surface area contributed by atoms with Crippen LogP contribution in [-0.4, -0.2) is 31.6 Å². The molecule has 2 amide bonds. The molecule has 3 aromatic rings. The summed E-state index contributed by atoms with van der Waals surface area (Å²) in [6.07, 6.45) is 2.94. The summed E-state index contributed by atoms with van der Waals surface area (Å²) in [6, 6.07) is 3.09. The van der Waals surface area contributed by atoms with Gasteiger partial charge in [0.2, 0.25) is 16.7 Å². The molecule has 9 nitrogen and oxygen atoms in total. The van der Waals surface area contributed by atoms with Crippen LogP contribution in [0.2, 0.25) is 0 Å². The van der Waals surface area contributed by atoms with Crippen LogP contribution in [0.3, 0.4) is 0 Å². The minimum absolute atomic E-state index is 0.0543. The van der Waals surface area contributed by atoms with Crippen LogP contribution in [0.15, 0.2) is 35.4 Å². The Morgan fingerprint density at radius 3 is 2.67 bits per heavy atom. The highest BCUT2D eigenvalue weighted by Crippen LogP contribution is 2.30. The van der Waals surface area contributed by atoms with Crippen LogP contribution in [0.1, 0.15) is 64.6 Å². The zero-order valence-electron chi connectivity index (χ0n) is 20.8. The van der Waals surface area contributed by atoms with Crippen molar-refractivity contribution in [1.82, 2.24) is 25.1 Å². The van der Waals surface area contributed by atoms with Gasteiger partial charge < -0.3 is 15.2 Å². The van der Waals surface area contributed by atoms with Gasteiger partial charge in [-0.3, -0.25) is 19.4 Å². The highest BCUT2D eigenvalue weighted by molar-refractivity contribution is 7.13. The smallest absolute Gasteiger partial charge is 0.344 e. The van der Waals surface area contributed by atoms with Gasteiger partial charge in [0.25, 0.3) is 11.5 Å². The first-order valence-electron chi connectivity index (χ1n) is 12.4. The molecular formula is C25H26F4N6O3S. The molecule has 39 heavy (non-hydrogen) atoms. The van der Waals surface area contributed by atoms with Crippen molar-refractivity contribution in [3.8, 4) is 0 Å². The van der Waals surface area contributed by atoms with Crippen molar-refractivity contribution in [2.24, 2.45) is 5.92 Å². The van der Waals surface area contributed by atoms with Gasteiger partial charge in [0.1, 0.15) is 5.01 Å². The van der Waals surface area contributed by atoms with Crippen LogP contribution in [0.25, 0.3) is 0 Å². The molecular weight excluding hydrogens is 540 g/mol. The first kappa shape index (κ1) is 28.3. The largest absolute Gasteiger partial charge is 0.416 e. The van der Waals surface area contributed by atoms with E-state index in [4.69, 9.17) is 0 Å². The second-order valence-electron chi connectivity index (χ2n) is 9.27. The predicted molar refractivity (Wildman–Crippen MR) is 135 cm³/mol. The quantitative estimate of drug-likeness (QED) is 0.263. The van der Waals surface area contributed by atoms with Gasteiger partial charge in [0, 0.05) is 31.8 Å². The summed E-state index contributed by atoms with van der Waals surface area (Å²) in [5.41, 5.74) is -1.74. The Labute approximate surface area is 224 Å². The molecule has 4 rings (SSSR count). The number of pyridine rings is 2. The molecule has 0 radical (unpaired) electrons. The number of rotatable bonds is 11. The number of nitrogens with zero attached hydrogens (tertiary/aromatic N) is 4. The van der Waals surface area contributed by atoms with Crippen LogP contribution in [-0.2, 0) is 30.5 Å². The van der Waals surface area contributed by atoms with E-state index in [9.17, 15) is 31.9 Å². The number of aryl methyl sites for hydroxylation is 2. The lowest BCUT2D eigenvalue weighted by Crippen LogP contribution is -2.26. The lowest BCUT2D eigenvalue weighted by molar-refractivity contribution is -0.137. The number of hydrogen-bond acceptors (Lipinski definition) is 7. The molecule has 0 bridgehead atoms. The first-order chi connectivity index (χ1) is 18.6. The van der Waals surface area contributed by atoms with Gasteiger partial charge in [-0.05, 0) is 49.8 Å². The van der Waals surface area contributed by atoms with E-state index in [-0.39, 0.29) is 35.4 Å².